The molecule has 4 rings (SSSR count). The number of aryl methyl sites for hydroxylation is 1. The Labute approximate surface area is 142 Å². The van der Waals surface area contributed by atoms with Crippen LogP contribution in [-0.2, 0) is 11.3 Å². The Hall–Kier alpha value is -2.02. The van der Waals surface area contributed by atoms with Crippen LogP contribution in [0.2, 0.25) is 0 Å². The van der Waals surface area contributed by atoms with E-state index >= 15 is 0 Å². The van der Waals surface area contributed by atoms with Crippen LogP contribution in [0.25, 0.3) is 0 Å². The van der Waals surface area contributed by atoms with Crippen molar-refractivity contribution in [2.75, 3.05) is 12.0 Å². The summed E-state index contributed by atoms with van der Waals surface area (Å²) >= 11 is 0. The number of ether oxygens (including phenoxy) is 1. The summed E-state index contributed by atoms with van der Waals surface area (Å²) in [6.45, 7) is 4.71. The second kappa shape index (κ2) is 6.12. The summed E-state index contributed by atoms with van der Waals surface area (Å²) in [7, 11) is 1.68. The van der Waals surface area contributed by atoms with Gasteiger partial charge in [-0.1, -0.05) is 5.21 Å². The molecule has 0 N–H and O–H groups in total. The first-order chi connectivity index (χ1) is 11.7. The summed E-state index contributed by atoms with van der Waals surface area (Å²) in [5.41, 5.74) is 3.17. The van der Waals surface area contributed by atoms with E-state index in [0.717, 1.165) is 30.0 Å². The molecule has 7 nitrogen and oxygen atoms in total. The normalized spacial score (nSPS) is 26.1. The van der Waals surface area contributed by atoms with E-state index < -0.39 is 0 Å². The summed E-state index contributed by atoms with van der Waals surface area (Å²) in [6, 6.07) is 1.47. The number of piperidine rings is 1. The number of methoxy groups -OCH3 is 1. The third kappa shape index (κ3) is 2.56. The Morgan fingerprint density at radius 3 is 2.58 bits per heavy atom. The van der Waals surface area contributed by atoms with Crippen molar-refractivity contribution in [2.24, 2.45) is 0 Å². The molecule has 0 radical (unpaired) electrons. The summed E-state index contributed by atoms with van der Waals surface area (Å²) in [4.78, 5) is 11.4. The average Bonchev–Trinajstić information content (AvgIpc) is 3.13. The highest BCUT2D eigenvalue weighted by Gasteiger charge is 2.42. The maximum atomic E-state index is 5.14. The van der Waals surface area contributed by atoms with Gasteiger partial charge >= 0.3 is 0 Å². The van der Waals surface area contributed by atoms with Gasteiger partial charge in [0.1, 0.15) is 17.8 Å². The first-order valence-electron chi connectivity index (χ1n) is 8.63. The van der Waals surface area contributed by atoms with E-state index in [2.05, 4.69) is 39.0 Å². The first-order valence-corrected chi connectivity index (χ1v) is 8.63. The molecule has 0 amide bonds. The molecule has 24 heavy (non-hydrogen) atoms. The number of aromatic nitrogens is 5. The van der Waals surface area contributed by atoms with Crippen LogP contribution in [0.4, 0.5) is 5.82 Å². The van der Waals surface area contributed by atoms with Crippen molar-refractivity contribution in [1.82, 2.24) is 25.0 Å². The van der Waals surface area contributed by atoms with Gasteiger partial charge < -0.3 is 9.64 Å². The van der Waals surface area contributed by atoms with Gasteiger partial charge in [0.2, 0.25) is 0 Å². The topological polar surface area (TPSA) is 69.0 Å². The molecule has 4 heterocycles. The lowest BCUT2D eigenvalue weighted by atomic mass is 9.97. The van der Waals surface area contributed by atoms with Gasteiger partial charge in [-0.25, -0.2) is 14.6 Å². The zero-order valence-electron chi connectivity index (χ0n) is 14.5. The van der Waals surface area contributed by atoms with E-state index in [9.17, 15) is 0 Å². The highest BCUT2D eigenvalue weighted by Crippen LogP contribution is 2.43. The van der Waals surface area contributed by atoms with Crippen LogP contribution in [0.3, 0.4) is 0 Å². The molecule has 2 bridgehead atoms. The second-order valence-corrected chi connectivity index (χ2v) is 6.95. The summed E-state index contributed by atoms with van der Waals surface area (Å²) in [5.74, 6) is 1.12. The van der Waals surface area contributed by atoms with Gasteiger partial charge in [0.05, 0.1) is 18.8 Å². The minimum atomic E-state index is 0.417. The molecule has 0 saturated carbocycles. The van der Waals surface area contributed by atoms with Crippen molar-refractivity contribution in [3.8, 4) is 0 Å². The molecule has 2 aromatic heterocycles. The van der Waals surface area contributed by atoms with Gasteiger partial charge in [-0.2, -0.15) is 0 Å². The number of hydrogen-bond acceptors (Lipinski definition) is 6. The van der Waals surface area contributed by atoms with Crippen LogP contribution in [0, 0.1) is 13.8 Å². The fourth-order valence-corrected chi connectivity index (χ4v) is 4.20. The van der Waals surface area contributed by atoms with Crippen LogP contribution >= 0.6 is 0 Å². The standard InChI is InChI=1S/C17H24N6O/c1-11-12(2)18-10-19-17(11)23-14-4-5-15(23)7-16(6-14)22-8-13(9-24-3)20-21-22/h8,10,14-16H,4-7,9H2,1-3H3. The quantitative estimate of drug-likeness (QED) is 0.857. The maximum absolute atomic E-state index is 5.14. The van der Waals surface area contributed by atoms with E-state index in [0.29, 0.717) is 24.7 Å². The van der Waals surface area contributed by atoms with E-state index in [4.69, 9.17) is 4.74 Å². The number of hydrogen-bond donors (Lipinski definition) is 0. The number of anilines is 1. The molecule has 0 spiro atoms. The lowest BCUT2D eigenvalue weighted by molar-refractivity contribution is 0.181. The van der Waals surface area contributed by atoms with Crippen LogP contribution < -0.4 is 4.90 Å². The smallest absolute Gasteiger partial charge is 0.135 e. The van der Waals surface area contributed by atoms with Crippen molar-refractivity contribution >= 4 is 5.82 Å². The molecule has 2 atom stereocenters. The minimum Gasteiger partial charge on any atom is -0.378 e. The third-order valence-corrected chi connectivity index (χ3v) is 5.49. The number of nitrogens with zero attached hydrogens (tertiary/aromatic N) is 6. The lowest BCUT2D eigenvalue weighted by Crippen LogP contribution is -2.44. The summed E-state index contributed by atoms with van der Waals surface area (Å²) < 4.78 is 7.18. The highest BCUT2D eigenvalue weighted by atomic mass is 16.5. The lowest BCUT2D eigenvalue weighted by Gasteiger charge is -2.40. The predicted molar refractivity (Wildman–Crippen MR) is 89.8 cm³/mol. The van der Waals surface area contributed by atoms with Crippen molar-refractivity contribution in [3.05, 3.63) is 29.5 Å². The molecule has 7 heteroatoms. The minimum absolute atomic E-state index is 0.417. The van der Waals surface area contributed by atoms with Gasteiger partial charge in [0, 0.05) is 30.5 Å². The molecular formula is C17H24N6O. The summed E-state index contributed by atoms with van der Waals surface area (Å²) in [6.07, 6.45) is 8.36. The molecule has 2 unspecified atom stereocenters. The predicted octanol–water partition coefficient (Wildman–Crippen LogP) is 2.20. The molecule has 2 aliphatic heterocycles. The fraction of sp³-hybridized carbons (Fsp3) is 0.647. The molecule has 0 aliphatic carbocycles. The third-order valence-electron chi connectivity index (χ3n) is 5.49. The number of rotatable bonds is 4. The van der Waals surface area contributed by atoms with Crippen LogP contribution in [0.15, 0.2) is 12.5 Å². The summed E-state index contributed by atoms with van der Waals surface area (Å²) in [5, 5.41) is 8.54. The maximum Gasteiger partial charge on any atom is 0.135 e. The molecule has 2 aliphatic rings. The van der Waals surface area contributed by atoms with E-state index in [1.54, 1.807) is 13.4 Å². The Balaban J connectivity index is 1.56. The van der Waals surface area contributed by atoms with E-state index in [1.165, 1.54) is 18.4 Å². The fourth-order valence-electron chi connectivity index (χ4n) is 4.20. The Morgan fingerprint density at radius 2 is 1.88 bits per heavy atom. The zero-order chi connectivity index (χ0) is 16.7. The average molecular weight is 328 g/mol. The number of fused-ring (bicyclic) bond motifs is 2. The van der Waals surface area contributed by atoms with Crippen molar-refractivity contribution < 1.29 is 4.74 Å². The van der Waals surface area contributed by atoms with Gasteiger partial charge in [0.15, 0.2) is 0 Å². The van der Waals surface area contributed by atoms with Gasteiger partial charge in [-0.3, -0.25) is 0 Å². The van der Waals surface area contributed by atoms with Crippen molar-refractivity contribution in [3.63, 3.8) is 0 Å². The molecule has 2 aromatic rings. The van der Waals surface area contributed by atoms with Crippen molar-refractivity contribution in [1.29, 1.82) is 0 Å². The zero-order valence-corrected chi connectivity index (χ0v) is 14.5. The van der Waals surface area contributed by atoms with E-state index in [-0.39, 0.29) is 0 Å². The Bertz CT molecular complexity index is 716. The first kappa shape index (κ1) is 15.5. The van der Waals surface area contributed by atoms with Gasteiger partial charge in [0.25, 0.3) is 0 Å². The van der Waals surface area contributed by atoms with Crippen molar-refractivity contribution in [2.45, 2.75) is 64.3 Å². The molecule has 0 aromatic carbocycles. The molecule has 128 valence electrons. The highest BCUT2D eigenvalue weighted by molar-refractivity contribution is 5.51. The Morgan fingerprint density at radius 1 is 1.12 bits per heavy atom. The Kier molecular flexibility index (Phi) is 3.96. The van der Waals surface area contributed by atoms with Gasteiger partial charge in [-0.15, -0.1) is 5.10 Å². The molecular weight excluding hydrogens is 304 g/mol. The van der Waals surface area contributed by atoms with Gasteiger partial charge in [-0.05, 0) is 39.5 Å². The second-order valence-electron chi connectivity index (χ2n) is 6.95. The van der Waals surface area contributed by atoms with Crippen LogP contribution in [-0.4, -0.2) is 44.2 Å². The van der Waals surface area contributed by atoms with Crippen LogP contribution in [0.1, 0.15) is 48.7 Å². The molecule has 2 saturated heterocycles. The van der Waals surface area contributed by atoms with E-state index in [1.807, 2.05) is 10.9 Å². The largest absolute Gasteiger partial charge is 0.378 e. The van der Waals surface area contributed by atoms with Crippen LogP contribution in [0.5, 0.6) is 0 Å². The SMILES string of the molecule is COCc1cn(C2CC3CCC(C2)N3c2ncnc(C)c2C)nn1. The monoisotopic (exact) mass is 328 g/mol. The molecule has 2 fully saturated rings.